The van der Waals surface area contributed by atoms with E-state index in [4.69, 9.17) is 12.2 Å². The number of hydrogen-bond donors (Lipinski definition) is 3. The van der Waals surface area contributed by atoms with Gasteiger partial charge in [-0.05, 0) is 44.1 Å². The monoisotopic (exact) mass is 410 g/mol. The van der Waals surface area contributed by atoms with E-state index >= 15 is 0 Å². The van der Waals surface area contributed by atoms with Crippen LogP contribution in [0.5, 0.6) is 0 Å². The van der Waals surface area contributed by atoms with E-state index in [0.29, 0.717) is 18.1 Å². The summed E-state index contributed by atoms with van der Waals surface area (Å²) in [6.45, 7) is 11.0. The molecule has 2 heterocycles. The number of nitrogens with zero attached hydrogens (tertiary/aromatic N) is 1. The zero-order chi connectivity index (χ0) is 20.7. The molecule has 28 heavy (non-hydrogen) atoms. The molecular weight excluding hydrogens is 372 g/mol. The van der Waals surface area contributed by atoms with Gasteiger partial charge >= 0.3 is 0 Å². The molecular formula is C21H38N4O2S. The fraction of sp³-hybridized carbons (Fsp3) is 0.857. The lowest BCUT2D eigenvalue weighted by molar-refractivity contribution is -0.137. The highest BCUT2D eigenvalue weighted by atomic mass is 32.1. The van der Waals surface area contributed by atoms with Gasteiger partial charge in [-0.3, -0.25) is 9.59 Å². The number of rotatable bonds is 1. The number of amides is 2. The molecule has 0 aliphatic carbocycles. The molecule has 2 amide bonds. The summed E-state index contributed by atoms with van der Waals surface area (Å²) in [5, 5.41) is 9.81. The van der Waals surface area contributed by atoms with Crippen molar-refractivity contribution in [2.24, 2.45) is 11.3 Å². The van der Waals surface area contributed by atoms with E-state index in [2.05, 4.69) is 43.6 Å². The Kier molecular flexibility index (Phi) is 8.68. The SMILES string of the molecule is CC[C@@H]1CCCCNCC(=S)N[C@@H](C(C)(C)C)C(=O)N2CCC[C@@H]2CNC1=O. The summed E-state index contributed by atoms with van der Waals surface area (Å²) in [6, 6.07) is -0.297. The molecule has 0 radical (unpaired) electrons. The van der Waals surface area contributed by atoms with Crippen molar-refractivity contribution in [1.29, 1.82) is 0 Å². The number of fused-ring (bicyclic) bond motifs is 1. The minimum absolute atomic E-state index is 0.0588. The van der Waals surface area contributed by atoms with E-state index in [1.165, 1.54) is 0 Å². The van der Waals surface area contributed by atoms with Gasteiger partial charge < -0.3 is 20.9 Å². The Labute approximate surface area is 175 Å². The van der Waals surface area contributed by atoms with E-state index in [1.54, 1.807) is 0 Å². The third kappa shape index (κ3) is 6.41. The van der Waals surface area contributed by atoms with Crippen LogP contribution in [-0.4, -0.2) is 60.0 Å². The number of nitrogens with one attached hydrogen (secondary N) is 3. The summed E-state index contributed by atoms with van der Waals surface area (Å²) in [7, 11) is 0. The van der Waals surface area contributed by atoms with Crippen LogP contribution in [0.1, 0.15) is 66.2 Å². The number of thiocarbonyl (C=S) groups is 1. The lowest BCUT2D eigenvalue weighted by Crippen LogP contribution is -2.57. The number of carbonyl (C=O) groups is 2. The highest BCUT2D eigenvalue weighted by Gasteiger charge is 2.39. The van der Waals surface area contributed by atoms with Crippen molar-refractivity contribution in [3.8, 4) is 0 Å². The summed E-state index contributed by atoms with van der Waals surface area (Å²) in [4.78, 5) is 28.6. The summed E-state index contributed by atoms with van der Waals surface area (Å²) in [5.74, 6) is 0.280. The molecule has 2 aliphatic heterocycles. The van der Waals surface area contributed by atoms with Gasteiger partial charge in [0.2, 0.25) is 11.8 Å². The van der Waals surface area contributed by atoms with Gasteiger partial charge in [0.1, 0.15) is 6.04 Å². The van der Waals surface area contributed by atoms with Gasteiger partial charge in [0, 0.05) is 31.6 Å². The van der Waals surface area contributed by atoms with Crippen LogP contribution in [0.15, 0.2) is 0 Å². The third-order valence-electron chi connectivity index (χ3n) is 5.90. The van der Waals surface area contributed by atoms with Gasteiger partial charge in [0.15, 0.2) is 0 Å². The van der Waals surface area contributed by atoms with Crippen molar-refractivity contribution >= 4 is 29.0 Å². The van der Waals surface area contributed by atoms with Crippen molar-refractivity contribution in [2.75, 3.05) is 26.2 Å². The van der Waals surface area contributed by atoms with E-state index in [1.807, 2.05) is 4.90 Å². The normalized spacial score (nSPS) is 29.2. The van der Waals surface area contributed by atoms with Crippen molar-refractivity contribution in [3.63, 3.8) is 0 Å². The van der Waals surface area contributed by atoms with Crippen LogP contribution in [0.25, 0.3) is 0 Å². The second-order valence-electron chi connectivity index (χ2n) is 9.22. The summed E-state index contributed by atoms with van der Waals surface area (Å²) in [6.07, 6.45) is 5.72. The van der Waals surface area contributed by atoms with Gasteiger partial charge in [0.25, 0.3) is 0 Å². The molecule has 6 nitrogen and oxygen atoms in total. The van der Waals surface area contributed by atoms with Crippen LogP contribution in [0.2, 0.25) is 0 Å². The van der Waals surface area contributed by atoms with Crippen LogP contribution < -0.4 is 16.0 Å². The highest BCUT2D eigenvalue weighted by molar-refractivity contribution is 7.80. The zero-order valence-corrected chi connectivity index (χ0v) is 18.8. The molecule has 0 aromatic carbocycles. The minimum atomic E-state index is -0.366. The maximum absolute atomic E-state index is 13.4. The zero-order valence-electron chi connectivity index (χ0n) is 18.0. The molecule has 2 fully saturated rings. The lowest BCUT2D eigenvalue weighted by Gasteiger charge is -2.36. The average Bonchev–Trinajstić information content (AvgIpc) is 3.10. The smallest absolute Gasteiger partial charge is 0.245 e. The maximum atomic E-state index is 13.4. The van der Waals surface area contributed by atoms with Crippen molar-refractivity contribution < 1.29 is 9.59 Å². The van der Waals surface area contributed by atoms with Crippen LogP contribution in [-0.2, 0) is 9.59 Å². The molecule has 160 valence electrons. The molecule has 0 bridgehead atoms. The fourth-order valence-corrected chi connectivity index (χ4v) is 4.31. The van der Waals surface area contributed by atoms with Crippen molar-refractivity contribution in [2.45, 2.75) is 78.3 Å². The summed E-state index contributed by atoms with van der Waals surface area (Å²) in [5.41, 5.74) is -0.254. The first-order valence-electron chi connectivity index (χ1n) is 10.8. The Morgan fingerprint density at radius 1 is 1.14 bits per heavy atom. The third-order valence-corrected chi connectivity index (χ3v) is 6.16. The molecule has 2 saturated heterocycles. The standard InChI is InChI=1S/C21H38N4O2S/c1-5-15-9-6-7-11-22-14-17(28)24-18(21(2,3)4)20(27)25-12-8-10-16(25)13-23-19(15)26/h15-16,18,22H,5-14H2,1-4H3,(H,23,26)(H,24,28)/t15-,16-,18-/m1/s1. The molecule has 3 N–H and O–H groups in total. The van der Waals surface area contributed by atoms with Gasteiger partial charge in [-0.25, -0.2) is 0 Å². The largest absolute Gasteiger partial charge is 0.367 e. The molecule has 0 spiro atoms. The van der Waals surface area contributed by atoms with Crippen LogP contribution >= 0.6 is 12.2 Å². The Hall–Kier alpha value is -1.21. The second-order valence-corrected chi connectivity index (χ2v) is 9.71. The summed E-state index contributed by atoms with van der Waals surface area (Å²) < 4.78 is 0. The average molecular weight is 411 g/mol. The molecule has 2 aliphatic rings. The quantitative estimate of drug-likeness (QED) is 0.578. The number of carbonyl (C=O) groups excluding carboxylic acids is 2. The fourth-order valence-electron chi connectivity index (χ4n) is 4.09. The summed E-state index contributed by atoms with van der Waals surface area (Å²) >= 11 is 5.51. The van der Waals surface area contributed by atoms with Gasteiger partial charge in [0.05, 0.1) is 4.99 Å². The Balaban J connectivity index is 2.17. The molecule has 0 saturated carbocycles. The Bertz CT molecular complexity index is 561. The molecule has 0 aromatic heterocycles. The van der Waals surface area contributed by atoms with Crippen molar-refractivity contribution in [3.05, 3.63) is 0 Å². The van der Waals surface area contributed by atoms with Gasteiger partial charge in [-0.2, -0.15) is 0 Å². The molecule has 3 atom stereocenters. The molecule has 0 unspecified atom stereocenters. The Morgan fingerprint density at radius 2 is 1.89 bits per heavy atom. The van der Waals surface area contributed by atoms with Gasteiger partial charge in [-0.15, -0.1) is 0 Å². The molecule has 7 heteroatoms. The van der Waals surface area contributed by atoms with E-state index in [9.17, 15) is 9.59 Å². The lowest BCUT2D eigenvalue weighted by atomic mass is 9.85. The minimum Gasteiger partial charge on any atom is -0.367 e. The van der Waals surface area contributed by atoms with Crippen LogP contribution in [0.4, 0.5) is 0 Å². The topological polar surface area (TPSA) is 73.5 Å². The second kappa shape index (κ2) is 10.5. The molecule has 2 rings (SSSR count). The first kappa shape index (κ1) is 23.1. The Morgan fingerprint density at radius 3 is 2.57 bits per heavy atom. The first-order valence-corrected chi connectivity index (χ1v) is 11.2. The van der Waals surface area contributed by atoms with Crippen LogP contribution in [0, 0.1) is 11.3 Å². The van der Waals surface area contributed by atoms with E-state index < -0.39 is 0 Å². The van der Waals surface area contributed by atoms with E-state index in [-0.39, 0.29) is 35.2 Å². The first-order chi connectivity index (χ1) is 13.2. The maximum Gasteiger partial charge on any atom is 0.245 e. The van der Waals surface area contributed by atoms with Gasteiger partial charge in [-0.1, -0.05) is 46.3 Å². The predicted molar refractivity (Wildman–Crippen MR) is 117 cm³/mol. The van der Waals surface area contributed by atoms with Crippen molar-refractivity contribution in [1.82, 2.24) is 20.9 Å². The predicted octanol–water partition coefficient (Wildman–Crippen LogP) is 2.23. The number of hydrogen-bond acceptors (Lipinski definition) is 4. The molecule has 0 aromatic rings. The van der Waals surface area contributed by atoms with E-state index in [0.717, 1.165) is 51.6 Å². The highest BCUT2D eigenvalue weighted by Crippen LogP contribution is 2.26. The van der Waals surface area contributed by atoms with Crippen LogP contribution in [0.3, 0.4) is 0 Å².